The number of fused-ring (bicyclic) bond motifs is 1. The van der Waals surface area contributed by atoms with Crippen molar-refractivity contribution in [1.82, 2.24) is 0 Å². The van der Waals surface area contributed by atoms with Crippen LogP contribution in [0.3, 0.4) is 0 Å². The Morgan fingerprint density at radius 1 is 1.86 bits per heavy atom. The van der Waals surface area contributed by atoms with Crippen LogP contribution in [0.5, 0.6) is 0 Å². The van der Waals surface area contributed by atoms with Crippen molar-refractivity contribution < 1.29 is 4.74 Å². The molecule has 2 atom stereocenters. The van der Waals surface area contributed by atoms with Gasteiger partial charge in [-0.25, -0.2) is 0 Å². The maximum atomic E-state index is 8.26. The summed E-state index contributed by atoms with van der Waals surface area (Å²) in [6.07, 6.45) is 3.83. The van der Waals surface area contributed by atoms with Crippen molar-refractivity contribution in [2.45, 2.75) is 11.7 Å². The Kier molecular flexibility index (Phi) is 0.283. The minimum Gasteiger partial charge on any atom is -0.342 e. The van der Waals surface area contributed by atoms with Gasteiger partial charge < -0.3 is 4.74 Å². The van der Waals surface area contributed by atoms with E-state index in [-0.39, 0.29) is 6.10 Å². The standard InChI is InChI=1S/C5H3NO/c6-3-5-2-1-4(5)7-5/h1-2,4H. The third-order valence-electron chi connectivity index (χ3n) is 1.38. The second kappa shape index (κ2) is 0.613. The minimum atomic E-state index is -0.444. The van der Waals surface area contributed by atoms with Gasteiger partial charge in [0.15, 0.2) is 0 Å². The number of hydrogen-bond acceptors (Lipinski definition) is 2. The summed E-state index contributed by atoms with van der Waals surface area (Å²) in [5, 5.41) is 8.26. The summed E-state index contributed by atoms with van der Waals surface area (Å²) in [4.78, 5) is 0. The van der Waals surface area contributed by atoms with Crippen molar-refractivity contribution in [2.24, 2.45) is 0 Å². The average Bonchev–Trinajstić information content (AvgIpc) is 2.12. The zero-order chi connectivity index (χ0) is 4.91. The molecular weight excluding hydrogens is 90.1 g/mol. The zero-order valence-corrected chi connectivity index (χ0v) is 3.59. The first kappa shape index (κ1) is 3.23. The van der Waals surface area contributed by atoms with Gasteiger partial charge in [-0.3, -0.25) is 0 Å². The van der Waals surface area contributed by atoms with Crippen LogP contribution in [0.2, 0.25) is 0 Å². The lowest BCUT2D eigenvalue weighted by molar-refractivity contribution is 0.394. The fourth-order valence-corrected chi connectivity index (χ4v) is 0.731. The highest BCUT2D eigenvalue weighted by Gasteiger charge is 2.60. The van der Waals surface area contributed by atoms with E-state index in [9.17, 15) is 0 Å². The lowest BCUT2D eigenvalue weighted by atomic mass is 9.97. The molecule has 2 rings (SSSR count). The molecule has 0 N–H and O–H groups in total. The van der Waals surface area contributed by atoms with Crippen molar-refractivity contribution in [3.63, 3.8) is 0 Å². The molecule has 0 aromatic carbocycles. The van der Waals surface area contributed by atoms with Gasteiger partial charge in [-0.2, -0.15) is 5.26 Å². The topological polar surface area (TPSA) is 36.3 Å². The van der Waals surface area contributed by atoms with Gasteiger partial charge in [0.05, 0.1) is 0 Å². The molecule has 1 aliphatic carbocycles. The van der Waals surface area contributed by atoms with Gasteiger partial charge in [0, 0.05) is 0 Å². The lowest BCUT2D eigenvalue weighted by Crippen LogP contribution is -2.13. The number of nitriles is 1. The van der Waals surface area contributed by atoms with Gasteiger partial charge >= 0.3 is 0 Å². The van der Waals surface area contributed by atoms with E-state index < -0.39 is 5.60 Å². The Balaban J connectivity index is 2.40. The molecule has 0 spiro atoms. The molecule has 0 aromatic rings. The van der Waals surface area contributed by atoms with Crippen molar-refractivity contribution in [2.75, 3.05) is 0 Å². The number of rotatable bonds is 0. The molecule has 0 amide bonds. The molecule has 0 saturated carbocycles. The van der Waals surface area contributed by atoms with Gasteiger partial charge in [-0.05, 0) is 6.08 Å². The Morgan fingerprint density at radius 3 is 2.71 bits per heavy atom. The Hall–Kier alpha value is -0.810. The number of hydrogen-bond donors (Lipinski definition) is 0. The Labute approximate surface area is 41.0 Å². The summed E-state index contributed by atoms with van der Waals surface area (Å²) in [5.74, 6) is 0. The van der Waals surface area contributed by atoms with Gasteiger partial charge in [0.25, 0.3) is 0 Å². The van der Waals surface area contributed by atoms with Gasteiger partial charge in [-0.1, -0.05) is 6.08 Å². The fourth-order valence-electron chi connectivity index (χ4n) is 0.731. The number of ether oxygens (including phenoxy) is 1. The van der Waals surface area contributed by atoms with Crippen molar-refractivity contribution in [1.29, 1.82) is 5.26 Å². The quantitative estimate of drug-likeness (QED) is 0.317. The highest BCUT2D eigenvalue weighted by atomic mass is 16.6. The van der Waals surface area contributed by atoms with Crippen molar-refractivity contribution in [3.05, 3.63) is 12.2 Å². The third kappa shape index (κ3) is 0.179. The normalized spacial score (nSPS) is 51.6. The van der Waals surface area contributed by atoms with Gasteiger partial charge in [0.2, 0.25) is 5.60 Å². The molecule has 2 nitrogen and oxygen atoms in total. The third-order valence-corrected chi connectivity index (χ3v) is 1.38. The smallest absolute Gasteiger partial charge is 0.203 e. The first-order valence-electron chi connectivity index (χ1n) is 2.16. The zero-order valence-electron chi connectivity index (χ0n) is 3.59. The summed E-state index contributed by atoms with van der Waals surface area (Å²) in [7, 11) is 0. The number of epoxide rings is 1. The summed E-state index contributed by atoms with van der Waals surface area (Å²) >= 11 is 0. The fraction of sp³-hybridized carbons (Fsp3) is 0.400. The second-order valence-electron chi connectivity index (χ2n) is 1.80. The van der Waals surface area contributed by atoms with Gasteiger partial charge in [-0.15, -0.1) is 0 Å². The summed E-state index contributed by atoms with van der Waals surface area (Å²) < 4.78 is 4.89. The average molecular weight is 93.1 g/mol. The van der Waals surface area contributed by atoms with Crippen LogP contribution in [-0.4, -0.2) is 11.7 Å². The van der Waals surface area contributed by atoms with Crippen molar-refractivity contribution in [3.8, 4) is 6.07 Å². The Bertz CT molecular complexity index is 179. The molecule has 1 fully saturated rings. The first-order valence-corrected chi connectivity index (χ1v) is 2.16. The molecule has 34 valence electrons. The van der Waals surface area contributed by atoms with E-state index in [1.807, 2.05) is 12.1 Å². The predicted molar refractivity (Wildman–Crippen MR) is 22.4 cm³/mol. The summed E-state index contributed by atoms with van der Waals surface area (Å²) in [6, 6.07) is 2.04. The largest absolute Gasteiger partial charge is 0.342 e. The van der Waals surface area contributed by atoms with Crippen LogP contribution in [0.4, 0.5) is 0 Å². The Morgan fingerprint density at radius 2 is 2.71 bits per heavy atom. The van der Waals surface area contributed by atoms with Crippen LogP contribution in [-0.2, 0) is 4.74 Å². The van der Waals surface area contributed by atoms with Crippen LogP contribution < -0.4 is 0 Å². The van der Waals surface area contributed by atoms with Crippen LogP contribution in [0.1, 0.15) is 0 Å². The van der Waals surface area contributed by atoms with Crippen LogP contribution >= 0.6 is 0 Å². The molecule has 2 heteroatoms. The van der Waals surface area contributed by atoms with E-state index in [0.29, 0.717) is 0 Å². The molecule has 1 aliphatic heterocycles. The highest BCUT2D eigenvalue weighted by Crippen LogP contribution is 2.45. The molecule has 1 saturated heterocycles. The van der Waals surface area contributed by atoms with Crippen molar-refractivity contribution >= 4 is 0 Å². The van der Waals surface area contributed by atoms with Crippen LogP contribution in [0.15, 0.2) is 12.2 Å². The predicted octanol–water partition coefficient (Wildman–Crippen LogP) is 0.217. The van der Waals surface area contributed by atoms with Crippen LogP contribution in [0.25, 0.3) is 0 Å². The molecule has 0 radical (unpaired) electrons. The highest BCUT2D eigenvalue weighted by molar-refractivity contribution is 5.42. The van der Waals surface area contributed by atoms with E-state index in [0.717, 1.165) is 0 Å². The van der Waals surface area contributed by atoms with E-state index in [1.54, 1.807) is 6.08 Å². The van der Waals surface area contributed by atoms with E-state index in [2.05, 4.69) is 0 Å². The molecule has 0 aromatic heterocycles. The lowest BCUT2D eigenvalue weighted by Gasteiger charge is -1.96. The maximum Gasteiger partial charge on any atom is 0.203 e. The van der Waals surface area contributed by atoms with Gasteiger partial charge in [0.1, 0.15) is 12.2 Å². The minimum absolute atomic E-state index is 0.150. The summed E-state index contributed by atoms with van der Waals surface area (Å²) in [5.41, 5.74) is -0.444. The molecule has 2 aliphatic rings. The first-order chi connectivity index (χ1) is 3.37. The SMILES string of the molecule is N#CC12C=CC1O2. The molecule has 7 heavy (non-hydrogen) atoms. The monoisotopic (exact) mass is 93.0 g/mol. The molecule has 0 bridgehead atoms. The summed E-state index contributed by atoms with van der Waals surface area (Å²) in [6.45, 7) is 0. The second-order valence-corrected chi connectivity index (χ2v) is 1.80. The van der Waals surface area contributed by atoms with E-state index in [4.69, 9.17) is 10.00 Å². The maximum absolute atomic E-state index is 8.26. The van der Waals surface area contributed by atoms with E-state index >= 15 is 0 Å². The molecular formula is C5H3NO. The van der Waals surface area contributed by atoms with Crippen LogP contribution in [0, 0.1) is 11.3 Å². The number of nitrogens with zero attached hydrogens (tertiary/aromatic N) is 1. The van der Waals surface area contributed by atoms with E-state index in [1.165, 1.54) is 0 Å². The molecule has 1 heterocycles. The molecule has 2 unspecified atom stereocenters.